The maximum atomic E-state index is 10.8. The van der Waals surface area contributed by atoms with E-state index in [0.29, 0.717) is 12.1 Å². The summed E-state index contributed by atoms with van der Waals surface area (Å²) in [4.78, 5) is 13.3. The molecule has 1 saturated heterocycles. The van der Waals surface area contributed by atoms with Crippen molar-refractivity contribution in [3.8, 4) is 0 Å². The van der Waals surface area contributed by atoms with E-state index in [1.807, 2.05) is 0 Å². The van der Waals surface area contributed by atoms with Crippen LogP contribution in [0.2, 0.25) is 0 Å². The van der Waals surface area contributed by atoms with E-state index < -0.39 is 5.97 Å². The Balaban J connectivity index is 1.62. The molecule has 3 rings (SSSR count). The Morgan fingerprint density at radius 2 is 1.95 bits per heavy atom. The van der Waals surface area contributed by atoms with Gasteiger partial charge in [-0.3, -0.25) is 9.69 Å². The second-order valence-electron chi connectivity index (χ2n) is 6.50. The molecule has 0 aromatic heterocycles. The molecule has 0 aromatic rings. The molecule has 108 valence electrons. The second kappa shape index (κ2) is 5.41. The minimum absolute atomic E-state index is 0.138. The third-order valence-electron chi connectivity index (χ3n) is 5.05. The normalized spacial score (nSPS) is 30.1. The quantitative estimate of drug-likeness (QED) is 0.831. The molecule has 0 bridgehead atoms. The Labute approximate surface area is 115 Å². The average molecular weight is 267 g/mol. The van der Waals surface area contributed by atoms with Crippen LogP contribution in [0.15, 0.2) is 0 Å². The third-order valence-corrected chi connectivity index (χ3v) is 5.05. The molecule has 2 aliphatic carbocycles. The van der Waals surface area contributed by atoms with E-state index in [2.05, 4.69) is 4.90 Å². The zero-order valence-electron chi connectivity index (χ0n) is 11.6. The topological polar surface area (TPSA) is 49.8 Å². The van der Waals surface area contributed by atoms with Gasteiger partial charge < -0.3 is 9.84 Å². The Morgan fingerprint density at radius 1 is 1.21 bits per heavy atom. The highest BCUT2D eigenvalue weighted by Gasteiger charge is 2.44. The van der Waals surface area contributed by atoms with E-state index in [0.717, 1.165) is 26.0 Å². The number of rotatable bonds is 5. The smallest absolute Gasteiger partial charge is 0.304 e. The largest absolute Gasteiger partial charge is 0.481 e. The molecule has 2 saturated carbocycles. The molecule has 4 heteroatoms. The van der Waals surface area contributed by atoms with Gasteiger partial charge in [0.05, 0.1) is 12.0 Å². The van der Waals surface area contributed by atoms with Crippen LogP contribution < -0.4 is 0 Å². The van der Waals surface area contributed by atoms with Crippen molar-refractivity contribution < 1.29 is 14.6 Å². The van der Waals surface area contributed by atoms with Gasteiger partial charge in [0.15, 0.2) is 0 Å². The minimum atomic E-state index is -0.673. The summed E-state index contributed by atoms with van der Waals surface area (Å²) >= 11 is 0. The molecule has 0 aromatic carbocycles. The summed E-state index contributed by atoms with van der Waals surface area (Å²) in [5.74, 6) is -0.673. The van der Waals surface area contributed by atoms with Crippen molar-refractivity contribution in [2.24, 2.45) is 0 Å². The molecule has 1 N–H and O–H groups in total. The summed E-state index contributed by atoms with van der Waals surface area (Å²) in [7, 11) is 0. The van der Waals surface area contributed by atoms with Crippen molar-refractivity contribution >= 4 is 5.97 Å². The van der Waals surface area contributed by atoms with Gasteiger partial charge in [-0.2, -0.15) is 0 Å². The summed E-state index contributed by atoms with van der Waals surface area (Å²) in [6, 6.07) is 1.21. The van der Waals surface area contributed by atoms with E-state index in [-0.39, 0.29) is 12.0 Å². The highest BCUT2D eigenvalue weighted by atomic mass is 16.5. The molecule has 1 unspecified atom stereocenters. The number of hydrogen-bond donors (Lipinski definition) is 1. The first-order valence-corrected chi connectivity index (χ1v) is 7.80. The Morgan fingerprint density at radius 3 is 2.58 bits per heavy atom. The number of carbonyl (C=O) groups is 1. The Hall–Kier alpha value is -0.610. The number of hydrogen-bond acceptors (Lipinski definition) is 3. The molecular weight excluding hydrogens is 242 g/mol. The van der Waals surface area contributed by atoms with Crippen molar-refractivity contribution in [2.45, 2.75) is 75.5 Å². The molecule has 4 nitrogen and oxygen atoms in total. The lowest BCUT2D eigenvalue weighted by atomic mass is 9.88. The summed E-state index contributed by atoms with van der Waals surface area (Å²) < 4.78 is 6.09. The first-order chi connectivity index (χ1) is 9.19. The molecule has 0 radical (unpaired) electrons. The van der Waals surface area contributed by atoms with E-state index >= 15 is 0 Å². The van der Waals surface area contributed by atoms with Gasteiger partial charge in [0.1, 0.15) is 0 Å². The molecule has 1 spiro atoms. The van der Waals surface area contributed by atoms with Gasteiger partial charge in [0, 0.05) is 25.2 Å². The van der Waals surface area contributed by atoms with E-state index in [9.17, 15) is 4.79 Å². The van der Waals surface area contributed by atoms with E-state index in [1.165, 1.54) is 38.5 Å². The van der Waals surface area contributed by atoms with Crippen LogP contribution in [0.1, 0.15) is 57.8 Å². The molecule has 3 aliphatic rings. The zero-order chi connectivity index (χ0) is 13.3. The van der Waals surface area contributed by atoms with Gasteiger partial charge in [-0.15, -0.1) is 0 Å². The summed E-state index contributed by atoms with van der Waals surface area (Å²) in [5, 5.41) is 8.92. The van der Waals surface area contributed by atoms with Crippen molar-refractivity contribution in [1.29, 1.82) is 0 Å². The van der Waals surface area contributed by atoms with Crippen LogP contribution in [0.4, 0.5) is 0 Å². The highest BCUT2D eigenvalue weighted by Crippen LogP contribution is 2.43. The van der Waals surface area contributed by atoms with Crippen molar-refractivity contribution in [2.75, 3.05) is 13.2 Å². The lowest BCUT2D eigenvalue weighted by Gasteiger charge is -2.43. The number of nitrogens with zero attached hydrogens (tertiary/aromatic N) is 1. The van der Waals surface area contributed by atoms with Crippen LogP contribution in [-0.4, -0.2) is 46.8 Å². The molecule has 1 aliphatic heterocycles. The van der Waals surface area contributed by atoms with Crippen LogP contribution in [0.3, 0.4) is 0 Å². The number of carboxylic acid groups (broad SMARTS) is 1. The van der Waals surface area contributed by atoms with Crippen LogP contribution in [0.5, 0.6) is 0 Å². The van der Waals surface area contributed by atoms with Crippen molar-refractivity contribution in [3.05, 3.63) is 0 Å². The molecule has 0 amide bonds. The number of ether oxygens (including phenoxy) is 1. The van der Waals surface area contributed by atoms with Crippen LogP contribution in [0, 0.1) is 0 Å². The molecule has 19 heavy (non-hydrogen) atoms. The van der Waals surface area contributed by atoms with Gasteiger partial charge in [0.2, 0.25) is 0 Å². The number of carboxylic acids is 1. The molecule has 3 fully saturated rings. The first-order valence-electron chi connectivity index (χ1n) is 7.80. The molecular formula is C15H25NO3. The van der Waals surface area contributed by atoms with E-state index in [4.69, 9.17) is 9.84 Å². The SMILES string of the molecule is O=C(O)CCN(C1CC1)C1CCOC2(CCCC2)C1. The first kappa shape index (κ1) is 13.4. The van der Waals surface area contributed by atoms with Crippen LogP contribution in [-0.2, 0) is 9.53 Å². The fourth-order valence-corrected chi connectivity index (χ4v) is 3.95. The van der Waals surface area contributed by atoms with Crippen LogP contribution >= 0.6 is 0 Å². The zero-order valence-corrected chi connectivity index (χ0v) is 11.6. The second-order valence-corrected chi connectivity index (χ2v) is 6.50. The van der Waals surface area contributed by atoms with Crippen LogP contribution in [0.25, 0.3) is 0 Å². The summed E-state index contributed by atoms with van der Waals surface area (Å²) in [6.07, 6.45) is 10.0. The Bertz CT molecular complexity index is 334. The van der Waals surface area contributed by atoms with Gasteiger partial charge in [-0.1, -0.05) is 12.8 Å². The summed E-state index contributed by atoms with van der Waals surface area (Å²) in [6.45, 7) is 1.59. The van der Waals surface area contributed by atoms with Crippen molar-refractivity contribution in [1.82, 2.24) is 4.90 Å². The monoisotopic (exact) mass is 267 g/mol. The maximum Gasteiger partial charge on any atom is 0.304 e. The standard InChI is InChI=1S/C15H25NO3/c17-14(18)5-9-16(12-3-4-12)13-6-10-19-15(11-13)7-1-2-8-15/h12-13H,1-11H2,(H,17,18). The van der Waals surface area contributed by atoms with Gasteiger partial charge in [-0.05, 0) is 38.5 Å². The van der Waals surface area contributed by atoms with Crippen molar-refractivity contribution in [3.63, 3.8) is 0 Å². The fraction of sp³-hybridized carbons (Fsp3) is 0.933. The Kier molecular flexibility index (Phi) is 3.81. The molecule has 1 heterocycles. The van der Waals surface area contributed by atoms with Gasteiger partial charge >= 0.3 is 5.97 Å². The molecule has 1 atom stereocenters. The fourth-order valence-electron chi connectivity index (χ4n) is 3.95. The maximum absolute atomic E-state index is 10.8. The lowest BCUT2D eigenvalue weighted by molar-refractivity contribution is -0.138. The lowest BCUT2D eigenvalue weighted by Crippen LogP contribution is -2.49. The highest BCUT2D eigenvalue weighted by molar-refractivity contribution is 5.66. The summed E-state index contributed by atoms with van der Waals surface area (Å²) in [5.41, 5.74) is 0.138. The minimum Gasteiger partial charge on any atom is -0.481 e. The predicted octanol–water partition coefficient (Wildman–Crippen LogP) is 2.42. The van der Waals surface area contributed by atoms with E-state index in [1.54, 1.807) is 0 Å². The number of aliphatic carboxylic acids is 1. The van der Waals surface area contributed by atoms with Gasteiger partial charge in [0.25, 0.3) is 0 Å². The third kappa shape index (κ3) is 3.11. The predicted molar refractivity (Wildman–Crippen MR) is 72.2 cm³/mol. The average Bonchev–Trinajstić information content (AvgIpc) is 3.12. The van der Waals surface area contributed by atoms with Gasteiger partial charge in [-0.25, -0.2) is 0 Å².